The lowest BCUT2D eigenvalue weighted by molar-refractivity contribution is 0.129. The first kappa shape index (κ1) is 11.7. The molecule has 2 aromatic rings. The molecular formula is C11H14N4O2S. The molecule has 1 aliphatic heterocycles. The molecule has 0 unspecified atom stereocenters. The van der Waals surface area contributed by atoms with Crippen LogP contribution < -0.4 is 0 Å². The van der Waals surface area contributed by atoms with E-state index >= 15 is 0 Å². The molecule has 0 amide bonds. The molecule has 18 heavy (non-hydrogen) atoms. The Morgan fingerprint density at radius 3 is 3.28 bits per heavy atom. The van der Waals surface area contributed by atoms with Gasteiger partial charge in [0.1, 0.15) is 12.3 Å². The van der Waals surface area contributed by atoms with Crippen LogP contribution in [0.1, 0.15) is 18.6 Å². The van der Waals surface area contributed by atoms with Gasteiger partial charge in [0.25, 0.3) is 0 Å². The van der Waals surface area contributed by atoms with Crippen LogP contribution in [-0.2, 0) is 11.3 Å². The first-order chi connectivity index (χ1) is 8.92. The molecule has 3 heterocycles. The van der Waals surface area contributed by atoms with E-state index in [1.54, 1.807) is 22.7 Å². The Morgan fingerprint density at radius 1 is 1.50 bits per heavy atom. The third kappa shape index (κ3) is 2.73. The number of ether oxygens (including phenoxy) is 1. The molecule has 7 heteroatoms. The number of hydrogen-bond donors (Lipinski definition) is 0. The summed E-state index contributed by atoms with van der Waals surface area (Å²) < 4.78 is 12.6. The molecular weight excluding hydrogens is 252 g/mol. The Bertz CT molecular complexity index is 479. The van der Waals surface area contributed by atoms with Gasteiger partial charge < -0.3 is 9.15 Å². The molecule has 1 fully saturated rings. The second-order valence-electron chi connectivity index (χ2n) is 4.14. The van der Waals surface area contributed by atoms with Gasteiger partial charge >= 0.3 is 0 Å². The normalized spacial score (nSPS) is 19.4. The van der Waals surface area contributed by atoms with E-state index in [-0.39, 0.29) is 0 Å². The van der Waals surface area contributed by atoms with Gasteiger partial charge in [-0.05, 0) is 35.4 Å². The summed E-state index contributed by atoms with van der Waals surface area (Å²) in [7, 11) is 0. The van der Waals surface area contributed by atoms with Crippen LogP contribution in [0.4, 0.5) is 0 Å². The molecule has 0 bridgehead atoms. The van der Waals surface area contributed by atoms with Crippen molar-refractivity contribution in [2.24, 2.45) is 0 Å². The van der Waals surface area contributed by atoms with Crippen molar-refractivity contribution in [3.05, 3.63) is 24.2 Å². The van der Waals surface area contributed by atoms with Crippen molar-refractivity contribution in [2.45, 2.75) is 30.6 Å². The van der Waals surface area contributed by atoms with Crippen molar-refractivity contribution in [1.82, 2.24) is 20.2 Å². The quantitative estimate of drug-likeness (QED) is 0.766. The number of aromatic nitrogens is 4. The Kier molecular flexibility index (Phi) is 3.61. The van der Waals surface area contributed by atoms with Crippen molar-refractivity contribution < 1.29 is 9.15 Å². The first-order valence-electron chi connectivity index (χ1n) is 5.95. The number of nitrogens with zero attached hydrogens (tertiary/aromatic N) is 4. The van der Waals surface area contributed by atoms with E-state index in [2.05, 4.69) is 15.5 Å². The third-order valence-corrected chi connectivity index (χ3v) is 3.90. The molecule has 0 aliphatic carbocycles. The molecule has 1 atom stereocenters. The van der Waals surface area contributed by atoms with Crippen molar-refractivity contribution in [1.29, 1.82) is 0 Å². The SMILES string of the molecule is c1coc(Cn2nnnc2SC[C@H]2CCCO2)c1. The Labute approximate surface area is 109 Å². The molecule has 96 valence electrons. The molecule has 0 spiro atoms. The van der Waals surface area contributed by atoms with Crippen LogP contribution in [0.2, 0.25) is 0 Å². The summed E-state index contributed by atoms with van der Waals surface area (Å²) in [5.41, 5.74) is 0. The Balaban J connectivity index is 1.60. The number of rotatable bonds is 5. The predicted octanol–water partition coefficient (Wildman–Crippen LogP) is 1.59. The lowest BCUT2D eigenvalue weighted by atomic mass is 10.3. The molecule has 0 aromatic carbocycles. The lowest BCUT2D eigenvalue weighted by Crippen LogP contribution is -2.10. The zero-order valence-corrected chi connectivity index (χ0v) is 10.7. The highest BCUT2D eigenvalue weighted by Crippen LogP contribution is 2.22. The Morgan fingerprint density at radius 2 is 2.50 bits per heavy atom. The average molecular weight is 266 g/mol. The minimum Gasteiger partial charge on any atom is -0.467 e. The monoisotopic (exact) mass is 266 g/mol. The molecule has 1 saturated heterocycles. The Hall–Kier alpha value is -1.34. The van der Waals surface area contributed by atoms with Crippen molar-refractivity contribution in [2.75, 3.05) is 12.4 Å². The summed E-state index contributed by atoms with van der Waals surface area (Å²) in [6.07, 6.45) is 4.28. The lowest BCUT2D eigenvalue weighted by Gasteiger charge is -2.07. The molecule has 6 nitrogen and oxygen atoms in total. The topological polar surface area (TPSA) is 66.0 Å². The van der Waals surface area contributed by atoms with Crippen molar-refractivity contribution >= 4 is 11.8 Å². The first-order valence-corrected chi connectivity index (χ1v) is 6.93. The maximum absolute atomic E-state index is 5.58. The summed E-state index contributed by atoms with van der Waals surface area (Å²) in [6.45, 7) is 1.44. The number of furan rings is 1. The highest BCUT2D eigenvalue weighted by molar-refractivity contribution is 7.99. The average Bonchev–Trinajstić information content (AvgIpc) is 3.10. The maximum atomic E-state index is 5.58. The zero-order valence-electron chi connectivity index (χ0n) is 9.86. The van der Waals surface area contributed by atoms with Gasteiger partial charge in [-0.3, -0.25) is 0 Å². The van der Waals surface area contributed by atoms with Gasteiger partial charge in [0, 0.05) is 12.4 Å². The fourth-order valence-corrected chi connectivity index (χ4v) is 2.83. The summed E-state index contributed by atoms with van der Waals surface area (Å²) >= 11 is 1.63. The fraction of sp³-hybridized carbons (Fsp3) is 0.545. The van der Waals surface area contributed by atoms with Gasteiger partial charge in [-0.1, -0.05) is 11.8 Å². The third-order valence-electron chi connectivity index (χ3n) is 2.81. The van der Waals surface area contributed by atoms with Crippen LogP contribution in [0.25, 0.3) is 0 Å². The minimum atomic E-state index is 0.337. The molecule has 2 aromatic heterocycles. The van der Waals surface area contributed by atoms with Crippen LogP contribution in [0.15, 0.2) is 28.0 Å². The number of thioether (sulfide) groups is 1. The molecule has 0 saturated carbocycles. The van der Waals surface area contributed by atoms with Crippen molar-refractivity contribution in [3.8, 4) is 0 Å². The van der Waals surface area contributed by atoms with E-state index in [0.717, 1.165) is 36.1 Å². The van der Waals surface area contributed by atoms with Gasteiger partial charge in [0.05, 0.1) is 12.4 Å². The number of hydrogen-bond acceptors (Lipinski definition) is 6. The fourth-order valence-electron chi connectivity index (χ4n) is 1.89. The summed E-state index contributed by atoms with van der Waals surface area (Å²) in [6, 6.07) is 3.77. The van der Waals surface area contributed by atoms with Gasteiger partial charge in [-0.2, -0.15) is 0 Å². The van der Waals surface area contributed by atoms with Crippen LogP contribution in [0, 0.1) is 0 Å². The zero-order chi connectivity index (χ0) is 12.2. The van der Waals surface area contributed by atoms with E-state index in [0.29, 0.717) is 12.6 Å². The van der Waals surface area contributed by atoms with Crippen LogP contribution in [0.3, 0.4) is 0 Å². The summed E-state index contributed by atoms with van der Waals surface area (Å²) in [5.74, 6) is 1.75. The van der Waals surface area contributed by atoms with Gasteiger partial charge in [0.2, 0.25) is 5.16 Å². The molecule has 0 N–H and O–H groups in total. The number of tetrazole rings is 1. The van der Waals surface area contributed by atoms with E-state index in [1.165, 1.54) is 0 Å². The van der Waals surface area contributed by atoms with Crippen LogP contribution in [-0.4, -0.2) is 38.7 Å². The van der Waals surface area contributed by atoms with E-state index < -0.39 is 0 Å². The highest BCUT2D eigenvalue weighted by Gasteiger charge is 2.17. The summed E-state index contributed by atoms with van der Waals surface area (Å²) in [5, 5.41) is 12.5. The standard InChI is InChI=1S/C11H14N4O2S/c1-3-9(16-5-1)7-15-11(12-13-14-15)18-8-10-4-2-6-17-10/h1,3,5,10H,2,4,6-8H2/t10-/m1/s1. The molecule has 1 aliphatic rings. The highest BCUT2D eigenvalue weighted by atomic mass is 32.2. The van der Waals surface area contributed by atoms with E-state index in [4.69, 9.17) is 9.15 Å². The van der Waals surface area contributed by atoms with Gasteiger partial charge in [-0.25, -0.2) is 4.68 Å². The minimum absolute atomic E-state index is 0.337. The van der Waals surface area contributed by atoms with Gasteiger partial charge in [-0.15, -0.1) is 5.10 Å². The van der Waals surface area contributed by atoms with Gasteiger partial charge in [0.15, 0.2) is 0 Å². The van der Waals surface area contributed by atoms with Crippen molar-refractivity contribution in [3.63, 3.8) is 0 Å². The largest absolute Gasteiger partial charge is 0.467 e. The second-order valence-corrected chi connectivity index (χ2v) is 5.13. The van der Waals surface area contributed by atoms with E-state index in [1.807, 2.05) is 12.1 Å². The van der Waals surface area contributed by atoms with E-state index in [9.17, 15) is 0 Å². The van der Waals surface area contributed by atoms with Crippen LogP contribution >= 0.6 is 11.8 Å². The second kappa shape index (κ2) is 5.53. The predicted molar refractivity (Wildman–Crippen MR) is 65.3 cm³/mol. The van der Waals surface area contributed by atoms with Crippen LogP contribution in [0.5, 0.6) is 0 Å². The molecule has 3 rings (SSSR count). The smallest absolute Gasteiger partial charge is 0.209 e. The summed E-state index contributed by atoms with van der Waals surface area (Å²) in [4.78, 5) is 0. The maximum Gasteiger partial charge on any atom is 0.209 e. The molecule has 0 radical (unpaired) electrons.